The van der Waals surface area contributed by atoms with Crippen molar-refractivity contribution < 1.29 is 8.78 Å². The van der Waals surface area contributed by atoms with Crippen LogP contribution in [0.15, 0.2) is 0 Å². The van der Waals surface area contributed by atoms with E-state index in [2.05, 4.69) is 0 Å². The molecule has 0 aromatic carbocycles. The minimum absolute atomic E-state index is 0.111. The fraction of sp³-hybridized carbons (Fsp3) is 1.00. The van der Waals surface area contributed by atoms with Crippen molar-refractivity contribution in [3.8, 4) is 0 Å². The molecule has 0 N–H and O–H groups in total. The molecule has 0 radical (unpaired) electrons. The highest BCUT2D eigenvalue weighted by atomic mass is 19.3. The summed E-state index contributed by atoms with van der Waals surface area (Å²) in [5.74, 6) is -0.287. The number of alkyl halides is 2. The first kappa shape index (κ1) is 9.86. The van der Waals surface area contributed by atoms with E-state index in [0.717, 1.165) is 6.42 Å². The van der Waals surface area contributed by atoms with E-state index >= 15 is 0 Å². The van der Waals surface area contributed by atoms with E-state index in [1.54, 1.807) is 0 Å². The van der Waals surface area contributed by atoms with Crippen molar-refractivity contribution in [3.05, 3.63) is 0 Å². The second kappa shape index (κ2) is 4.64. The zero-order valence-electron chi connectivity index (χ0n) is 6.90. The Morgan fingerprint density at radius 1 is 1.20 bits per heavy atom. The van der Waals surface area contributed by atoms with Gasteiger partial charge in [-0.05, 0) is 12.3 Å². The smallest absolute Gasteiger partial charge is 0.210 e. The van der Waals surface area contributed by atoms with Crippen LogP contribution in [0.25, 0.3) is 0 Å². The topological polar surface area (TPSA) is 0 Å². The van der Waals surface area contributed by atoms with E-state index in [0.29, 0.717) is 6.42 Å². The third kappa shape index (κ3) is 3.14. The number of halogens is 2. The molecule has 0 aromatic rings. The van der Waals surface area contributed by atoms with Gasteiger partial charge in [0, 0.05) is 5.92 Å². The molecule has 0 saturated heterocycles. The first-order valence-corrected chi connectivity index (χ1v) is 3.87. The normalized spacial score (nSPS) is 14.7. The maximum atomic E-state index is 12.1. The average Bonchev–Trinajstić information content (AvgIpc) is 1.81. The lowest BCUT2D eigenvalue weighted by Gasteiger charge is -2.18. The predicted octanol–water partition coefficient (Wildman–Crippen LogP) is 3.32. The molecule has 1 atom stereocenters. The maximum Gasteiger partial charge on any atom is 0.241 e. The van der Waals surface area contributed by atoms with Crippen molar-refractivity contribution in [2.75, 3.05) is 0 Å². The second-order valence-electron chi connectivity index (χ2n) is 3.03. The van der Waals surface area contributed by atoms with Gasteiger partial charge < -0.3 is 0 Å². The van der Waals surface area contributed by atoms with Gasteiger partial charge in [0.05, 0.1) is 0 Å². The number of hydrogen-bond acceptors (Lipinski definition) is 0. The molecule has 0 saturated carbocycles. The van der Waals surface area contributed by atoms with Crippen LogP contribution in [0.5, 0.6) is 0 Å². The third-order valence-corrected chi connectivity index (χ3v) is 1.80. The first-order chi connectivity index (χ1) is 4.59. The summed E-state index contributed by atoms with van der Waals surface area (Å²) >= 11 is 0. The Kier molecular flexibility index (Phi) is 4.58. The summed E-state index contributed by atoms with van der Waals surface area (Å²) in [5.41, 5.74) is 0. The quantitative estimate of drug-likeness (QED) is 0.576. The zero-order chi connectivity index (χ0) is 8.15. The molecular formula is C8H16F2. The average molecular weight is 150 g/mol. The van der Waals surface area contributed by atoms with Crippen LogP contribution in [0.3, 0.4) is 0 Å². The van der Waals surface area contributed by atoms with Crippen molar-refractivity contribution in [2.24, 2.45) is 11.8 Å². The van der Waals surface area contributed by atoms with E-state index in [1.807, 2.05) is 20.8 Å². The molecule has 0 fully saturated rings. The highest BCUT2D eigenvalue weighted by Crippen LogP contribution is 2.23. The molecule has 1 unspecified atom stereocenters. The van der Waals surface area contributed by atoms with Gasteiger partial charge in [0.1, 0.15) is 0 Å². The molecule has 0 bridgehead atoms. The predicted molar refractivity (Wildman–Crippen MR) is 39.2 cm³/mol. The molecule has 0 aliphatic heterocycles. The lowest BCUT2D eigenvalue weighted by molar-refractivity contribution is 0.0467. The largest absolute Gasteiger partial charge is 0.241 e. The van der Waals surface area contributed by atoms with Crippen LogP contribution in [-0.2, 0) is 0 Å². The summed E-state index contributed by atoms with van der Waals surface area (Å²) in [4.78, 5) is 0. The fourth-order valence-electron chi connectivity index (χ4n) is 1.08. The van der Waals surface area contributed by atoms with Crippen molar-refractivity contribution in [1.29, 1.82) is 0 Å². The van der Waals surface area contributed by atoms with Gasteiger partial charge in [0.15, 0.2) is 0 Å². The number of rotatable bonds is 4. The molecule has 0 aliphatic carbocycles. The van der Waals surface area contributed by atoms with Gasteiger partial charge in [-0.2, -0.15) is 0 Å². The first-order valence-electron chi connectivity index (χ1n) is 3.87. The van der Waals surface area contributed by atoms with Gasteiger partial charge in [-0.1, -0.05) is 27.2 Å². The molecule has 0 amide bonds. The van der Waals surface area contributed by atoms with Crippen LogP contribution in [-0.4, -0.2) is 6.43 Å². The van der Waals surface area contributed by atoms with Gasteiger partial charge >= 0.3 is 0 Å². The lowest BCUT2D eigenvalue weighted by atomic mass is 9.92. The summed E-state index contributed by atoms with van der Waals surface area (Å²) in [6.07, 6.45) is -0.636. The molecule has 0 rings (SSSR count). The number of hydrogen-bond donors (Lipinski definition) is 0. The summed E-state index contributed by atoms with van der Waals surface area (Å²) < 4.78 is 24.3. The van der Waals surface area contributed by atoms with Crippen LogP contribution in [0.2, 0.25) is 0 Å². The standard InChI is InChI=1S/C8H16F2/c1-4-5-7(6(2)3)8(9)10/h6-8H,4-5H2,1-3H3. The monoisotopic (exact) mass is 150 g/mol. The van der Waals surface area contributed by atoms with Crippen LogP contribution < -0.4 is 0 Å². The molecule has 0 aromatic heterocycles. The molecule has 0 heterocycles. The van der Waals surface area contributed by atoms with Crippen molar-refractivity contribution in [3.63, 3.8) is 0 Å². The minimum atomic E-state index is -2.14. The highest BCUT2D eigenvalue weighted by Gasteiger charge is 2.22. The van der Waals surface area contributed by atoms with E-state index in [9.17, 15) is 8.78 Å². The zero-order valence-corrected chi connectivity index (χ0v) is 6.90. The lowest BCUT2D eigenvalue weighted by Crippen LogP contribution is -2.17. The van der Waals surface area contributed by atoms with E-state index in [4.69, 9.17) is 0 Å². The van der Waals surface area contributed by atoms with E-state index in [1.165, 1.54) is 0 Å². The summed E-state index contributed by atoms with van der Waals surface area (Å²) in [6, 6.07) is 0. The van der Waals surface area contributed by atoms with Gasteiger partial charge in [0.25, 0.3) is 0 Å². The Bertz CT molecular complexity index is 71.3. The summed E-state index contributed by atoms with van der Waals surface area (Å²) in [5, 5.41) is 0. The fourth-order valence-corrected chi connectivity index (χ4v) is 1.08. The Hall–Kier alpha value is -0.140. The van der Waals surface area contributed by atoms with Crippen molar-refractivity contribution in [1.82, 2.24) is 0 Å². The van der Waals surface area contributed by atoms with E-state index in [-0.39, 0.29) is 5.92 Å². The van der Waals surface area contributed by atoms with Gasteiger partial charge in [0.2, 0.25) is 6.43 Å². The Balaban J connectivity index is 3.73. The maximum absolute atomic E-state index is 12.1. The Morgan fingerprint density at radius 2 is 1.70 bits per heavy atom. The second-order valence-corrected chi connectivity index (χ2v) is 3.03. The Labute approximate surface area is 61.6 Å². The van der Waals surface area contributed by atoms with E-state index < -0.39 is 12.3 Å². The van der Waals surface area contributed by atoms with Gasteiger partial charge in [-0.15, -0.1) is 0 Å². The van der Waals surface area contributed by atoms with Crippen LogP contribution >= 0.6 is 0 Å². The van der Waals surface area contributed by atoms with Gasteiger partial charge in [-0.25, -0.2) is 8.78 Å². The van der Waals surface area contributed by atoms with Crippen LogP contribution in [0.4, 0.5) is 8.78 Å². The Morgan fingerprint density at radius 3 is 1.80 bits per heavy atom. The SMILES string of the molecule is CCCC(C(C)C)C(F)F. The highest BCUT2D eigenvalue weighted by molar-refractivity contribution is 4.64. The van der Waals surface area contributed by atoms with Gasteiger partial charge in [-0.3, -0.25) is 0 Å². The summed E-state index contributed by atoms with van der Waals surface area (Å²) in [7, 11) is 0. The molecule has 2 heteroatoms. The minimum Gasteiger partial charge on any atom is -0.210 e. The van der Waals surface area contributed by atoms with Crippen molar-refractivity contribution >= 4 is 0 Å². The molecule has 0 spiro atoms. The van der Waals surface area contributed by atoms with Crippen molar-refractivity contribution in [2.45, 2.75) is 40.0 Å². The molecule has 0 nitrogen and oxygen atoms in total. The third-order valence-electron chi connectivity index (χ3n) is 1.80. The van der Waals surface area contributed by atoms with Crippen LogP contribution in [0.1, 0.15) is 33.6 Å². The summed E-state index contributed by atoms with van der Waals surface area (Å²) in [6.45, 7) is 5.65. The molecule has 10 heavy (non-hydrogen) atoms. The molecule has 62 valence electrons. The van der Waals surface area contributed by atoms with Crippen LogP contribution in [0, 0.1) is 11.8 Å². The molecular weight excluding hydrogens is 134 g/mol. The molecule has 0 aliphatic rings.